The van der Waals surface area contributed by atoms with Crippen molar-refractivity contribution < 1.29 is 0 Å². The van der Waals surface area contributed by atoms with E-state index in [1.165, 1.54) is 44.5 Å². The maximum atomic E-state index is 4.12. The number of hydrogen-bond donors (Lipinski definition) is 1. The first-order chi connectivity index (χ1) is 8.88. The summed E-state index contributed by atoms with van der Waals surface area (Å²) in [6, 6.07) is 4.11. The predicted octanol–water partition coefficient (Wildman–Crippen LogP) is 2.29. The molecule has 1 atom stereocenters. The molecule has 0 saturated carbocycles. The van der Waals surface area contributed by atoms with Gasteiger partial charge in [-0.05, 0) is 36.9 Å². The second-order valence-corrected chi connectivity index (χ2v) is 5.28. The molecule has 2 heterocycles. The van der Waals surface area contributed by atoms with Gasteiger partial charge in [0.2, 0.25) is 0 Å². The highest BCUT2D eigenvalue weighted by Crippen LogP contribution is 2.19. The van der Waals surface area contributed by atoms with Crippen LogP contribution in [0.3, 0.4) is 0 Å². The van der Waals surface area contributed by atoms with E-state index in [2.05, 4.69) is 28.2 Å². The van der Waals surface area contributed by atoms with Crippen LogP contribution in [0.4, 0.5) is 0 Å². The molecule has 0 spiro atoms. The summed E-state index contributed by atoms with van der Waals surface area (Å²) in [5.74, 6) is 0.952. The molecule has 0 bridgehead atoms. The van der Waals surface area contributed by atoms with Gasteiger partial charge in [0.15, 0.2) is 0 Å². The Hall–Kier alpha value is -0.930. The maximum absolute atomic E-state index is 4.12. The van der Waals surface area contributed by atoms with E-state index in [1.807, 2.05) is 18.5 Å². The zero-order valence-corrected chi connectivity index (χ0v) is 11.4. The Morgan fingerprint density at radius 2 is 2.44 bits per heavy atom. The minimum atomic E-state index is 0.931. The lowest BCUT2D eigenvalue weighted by molar-refractivity contribution is 0.318. The molecule has 100 valence electrons. The standard InChI is InChI=1S/C15H25N3/c1-2-4-14-6-9-18(13-14)10-8-17-12-15-5-3-7-16-11-15/h3,5,7,11,14,17H,2,4,6,8-10,12-13H2,1H3. The van der Waals surface area contributed by atoms with Gasteiger partial charge in [-0.1, -0.05) is 19.4 Å². The summed E-state index contributed by atoms with van der Waals surface area (Å²) in [7, 11) is 0. The van der Waals surface area contributed by atoms with Crippen molar-refractivity contribution in [1.29, 1.82) is 0 Å². The topological polar surface area (TPSA) is 28.2 Å². The lowest BCUT2D eigenvalue weighted by Gasteiger charge is -2.16. The van der Waals surface area contributed by atoms with E-state index in [9.17, 15) is 0 Å². The lowest BCUT2D eigenvalue weighted by Crippen LogP contribution is -2.30. The van der Waals surface area contributed by atoms with Gasteiger partial charge in [0, 0.05) is 38.6 Å². The zero-order chi connectivity index (χ0) is 12.6. The van der Waals surface area contributed by atoms with Gasteiger partial charge in [0.25, 0.3) is 0 Å². The van der Waals surface area contributed by atoms with E-state index in [4.69, 9.17) is 0 Å². The number of pyridine rings is 1. The number of rotatable bonds is 7. The van der Waals surface area contributed by atoms with Crippen molar-refractivity contribution in [2.45, 2.75) is 32.7 Å². The van der Waals surface area contributed by atoms with Crippen molar-refractivity contribution in [1.82, 2.24) is 15.2 Å². The molecule has 1 aromatic rings. The largest absolute Gasteiger partial charge is 0.311 e. The highest BCUT2D eigenvalue weighted by molar-refractivity contribution is 5.07. The molecule has 3 heteroatoms. The van der Waals surface area contributed by atoms with E-state index in [0.29, 0.717) is 0 Å². The van der Waals surface area contributed by atoms with Crippen LogP contribution in [-0.4, -0.2) is 36.1 Å². The maximum Gasteiger partial charge on any atom is 0.0312 e. The first kappa shape index (κ1) is 13.5. The third-order valence-corrected chi connectivity index (χ3v) is 3.72. The van der Waals surface area contributed by atoms with Crippen LogP contribution in [0.5, 0.6) is 0 Å². The van der Waals surface area contributed by atoms with E-state index in [0.717, 1.165) is 19.0 Å². The van der Waals surface area contributed by atoms with Crippen LogP contribution in [0, 0.1) is 5.92 Å². The molecule has 18 heavy (non-hydrogen) atoms. The van der Waals surface area contributed by atoms with Gasteiger partial charge >= 0.3 is 0 Å². The van der Waals surface area contributed by atoms with Gasteiger partial charge in [0.05, 0.1) is 0 Å². The summed E-state index contributed by atoms with van der Waals surface area (Å²) in [5, 5.41) is 3.49. The molecule has 0 aromatic carbocycles. The number of nitrogens with zero attached hydrogens (tertiary/aromatic N) is 2. The molecular formula is C15H25N3. The van der Waals surface area contributed by atoms with Crippen LogP contribution in [0.2, 0.25) is 0 Å². The van der Waals surface area contributed by atoms with E-state index in [1.54, 1.807) is 0 Å². The second-order valence-electron chi connectivity index (χ2n) is 5.28. The van der Waals surface area contributed by atoms with Gasteiger partial charge < -0.3 is 10.2 Å². The monoisotopic (exact) mass is 247 g/mol. The molecule has 1 aromatic heterocycles. The quantitative estimate of drug-likeness (QED) is 0.749. The van der Waals surface area contributed by atoms with Crippen molar-refractivity contribution >= 4 is 0 Å². The van der Waals surface area contributed by atoms with E-state index in [-0.39, 0.29) is 0 Å². The summed E-state index contributed by atoms with van der Waals surface area (Å²) in [6.07, 6.45) is 7.88. The van der Waals surface area contributed by atoms with Crippen LogP contribution in [-0.2, 0) is 6.54 Å². The second kappa shape index (κ2) is 7.49. The van der Waals surface area contributed by atoms with E-state index >= 15 is 0 Å². The Kier molecular flexibility index (Phi) is 5.62. The van der Waals surface area contributed by atoms with Crippen molar-refractivity contribution in [3.63, 3.8) is 0 Å². The summed E-state index contributed by atoms with van der Waals surface area (Å²) >= 11 is 0. The van der Waals surface area contributed by atoms with E-state index < -0.39 is 0 Å². The van der Waals surface area contributed by atoms with Crippen LogP contribution < -0.4 is 5.32 Å². The van der Waals surface area contributed by atoms with Crippen molar-refractivity contribution in [2.24, 2.45) is 5.92 Å². The number of nitrogens with one attached hydrogen (secondary N) is 1. The summed E-state index contributed by atoms with van der Waals surface area (Å²) in [5.41, 5.74) is 1.27. The molecule has 1 aliphatic rings. The Bertz CT molecular complexity index is 326. The minimum absolute atomic E-state index is 0.931. The minimum Gasteiger partial charge on any atom is -0.311 e. The summed E-state index contributed by atoms with van der Waals surface area (Å²) in [6.45, 7) is 8.08. The molecule has 0 radical (unpaired) electrons. The normalized spacial score (nSPS) is 20.4. The van der Waals surface area contributed by atoms with Gasteiger partial charge in [-0.2, -0.15) is 0 Å². The van der Waals surface area contributed by atoms with Crippen LogP contribution in [0.25, 0.3) is 0 Å². The molecule has 1 saturated heterocycles. The molecule has 1 fully saturated rings. The fourth-order valence-corrected chi connectivity index (χ4v) is 2.73. The van der Waals surface area contributed by atoms with Crippen molar-refractivity contribution in [2.75, 3.05) is 26.2 Å². The molecular weight excluding hydrogens is 222 g/mol. The van der Waals surface area contributed by atoms with Crippen LogP contribution >= 0.6 is 0 Å². The average Bonchev–Trinajstić information content (AvgIpc) is 2.84. The first-order valence-corrected chi connectivity index (χ1v) is 7.20. The first-order valence-electron chi connectivity index (χ1n) is 7.20. The predicted molar refractivity (Wildman–Crippen MR) is 75.4 cm³/mol. The van der Waals surface area contributed by atoms with Gasteiger partial charge in [-0.15, -0.1) is 0 Å². The third-order valence-electron chi connectivity index (χ3n) is 3.72. The van der Waals surface area contributed by atoms with Crippen molar-refractivity contribution in [3.05, 3.63) is 30.1 Å². The molecule has 1 unspecified atom stereocenters. The Balaban J connectivity index is 1.56. The third kappa shape index (κ3) is 4.39. The number of aromatic nitrogens is 1. The van der Waals surface area contributed by atoms with Crippen LogP contribution in [0.15, 0.2) is 24.5 Å². The molecule has 0 amide bonds. The highest BCUT2D eigenvalue weighted by Gasteiger charge is 2.20. The Labute approximate surface area is 111 Å². The fourth-order valence-electron chi connectivity index (χ4n) is 2.73. The molecule has 1 N–H and O–H groups in total. The molecule has 3 nitrogen and oxygen atoms in total. The highest BCUT2D eigenvalue weighted by atomic mass is 15.2. The Morgan fingerprint density at radius 1 is 1.50 bits per heavy atom. The SMILES string of the molecule is CCCC1CCN(CCNCc2cccnc2)C1. The molecule has 1 aliphatic heterocycles. The number of hydrogen-bond acceptors (Lipinski definition) is 3. The smallest absolute Gasteiger partial charge is 0.0312 e. The zero-order valence-electron chi connectivity index (χ0n) is 11.4. The van der Waals surface area contributed by atoms with Gasteiger partial charge in [-0.25, -0.2) is 0 Å². The number of likely N-dealkylation sites (tertiary alicyclic amines) is 1. The summed E-state index contributed by atoms with van der Waals surface area (Å²) in [4.78, 5) is 6.71. The van der Waals surface area contributed by atoms with Gasteiger partial charge in [0.1, 0.15) is 0 Å². The summed E-state index contributed by atoms with van der Waals surface area (Å²) < 4.78 is 0. The van der Waals surface area contributed by atoms with Gasteiger partial charge in [-0.3, -0.25) is 4.98 Å². The van der Waals surface area contributed by atoms with Crippen molar-refractivity contribution in [3.8, 4) is 0 Å². The average molecular weight is 247 g/mol. The Morgan fingerprint density at radius 3 is 3.22 bits per heavy atom. The molecule has 0 aliphatic carbocycles. The fraction of sp³-hybridized carbons (Fsp3) is 0.667. The lowest BCUT2D eigenvalue weighted by atomic mass is 10.0. The van der Waals surface area contributed by atoms with Crippen LogP contribution in [0.1, 0.15) is 31.7 Å². The molecule has 2 rings (SSSR count).